The monoisotopic (exact) mass is 260 g/mol. The van der Waals surface area contributed by atoms with Crippen LogP contribution in [-0.4, -0.2) is 11.9 Å². The lowest BCUT2D eigenvalue weighted by atomic mass is 9.83. The Morgan fingerprint density at radius 3 is 2.79 bits per heavy atom. The SMILES string of the molecule is CC(C)NCc1cccc(NC(=O)CC2CCC2)c1. The average Bonchev–Trinajstić information content (AvgIpc) is 2.32. The molecule has 3 nitrogen and oxygen atoms in total. The molecule has 2 rings (SSSR count). The van der Waals surface area contributed by atoms with Crippen LogP contribution in [0.15, 0.2) is 24.3 Å². The number of rotatable bonds is 6. The number of carbonyl (C=O) groups is 1. The summed E-state index contributed by atoms with van der Waals surface area (Å²) in [5.41, 5.74) is 2.11. The van der Waals surface area contributed by atoms with E-state index in [1.807, 2.05) is 18.2 Å². The van der Waals surface area contributed by atoms with Crippen molar-refractivity contribution >= 4 is 11.6 Å². The molecule has 0 unspecified atom stereocenters. The van der Waals surface area contributed by atoms with E-state index in [9.17, 15) is 4.79 Å². The number of anilines is 1. The summed E-state index contributed by atoms with van der Waals surface area (Å²) in [7, 11) is 0. The Bertz CT molecular complexity index is 425. The van der Waals surface area contributed by atoms with E-state index in [1.54, 1.807) is 0 Å². The number of benzene rings is 1. The van der Waals surface area contributed by atoms with Gasteiger partial charge in [0, 0.05) is 24.7 Å². The Balaban J connectivity index is 1.85. The summed E-state index contributed by atoms with van der Waals surface area (Å²) < 4.78 is 0. The van der Waals surface area contributed by atoms with Crippen molar-refractivity contribution in [3.05, 3.63) is 29.8 Å². The van der Waals surface area contributed by atoms with Crippen LogP contribution in [0.4, 0.5) is 5.69 Å². The maximum atomic E-state index is 11.9. The minimum atomic E-state index is 0.152. The van der Waals surface area contributed by atoms with Crippen molar-refractivity contribution in [2.24, 2.45) is 5.92 Å². The predicted octanol–water partition coefficient (Wildman–Crippen LogP) is 3.31. The zero-order valence-corrected chi connectivity index (χ0v) is 11.9. The zero-order valence-electron chi connectivity index (χ0n) is 11.9. The summed E-state index contributed by atoms with van der Waals surface area (Å²) in [5.74, 6) is 0.768. The van der Waals surface area contributed by atoms with Crippen LogP contribution in [-0.2, 0) is 11.3 Å². The Morgan fingerprint density at radius 2 is 2.16 bits per heavy atom. The first-order valence-corrected chi connectivity index (χ1v) is 7.25. The molecule has 1 aliphatic rings. The van der Waals surface area contributed by atoms with Crippen LogP contribution < -0.4 is 10.6 Å². The lowest BCUT2D eigenvalue weighted by molar-refractivity contribution is -0.117. The maximum Gasteiger partial charge on any atom is 0.224 e. The molecule has 0 saturated heterocycles. The van der Waals surface area contributed by atoms with E-state index in [-0.39, 0.29) is 5.91 Å². The van der Waals surface area contributed by atoms with Gasteiger partial charge in [-0.25, -0.2) is 0 Å². The smallest absolute Gasteiger partial charge is 0.224 e. The number of hydrogen-bond acceptors (Lipinski definition) is 2. The summed E-state index contributed by atoms with van der Waals surface area (Å²) in [6.45, 7) is 5.10. The second kappa shape index (κ2) is 6.71. The van der Waals surface area contributed by atoms with Gasteiger partial charge in [-0.15, -0.1) is 0 Å². The predicted molar refractivity (Wildman–Crippen MR) is 79.0 cm³/mol. The molecule has 1 saturated carbocycles. The minimum Gasteiger partial charge on any atom is -0.326 e. The summed E-state index contributed by atoms with van der Waals surface area (Å²) >= 11 is 0. The topological polar surface area (TPSA) is 41.1 Å². The summed E-state index contributed by atoms with van der Waals surface area (Å²) in [6.07, 6.45) is 4.39. The van der Waals surface area contributed by atoms with Gasteiger partial charge in [-0.3, -0.25) is 4.79 Å². The van der Waals surface area contributed by atoms with Gasteiger partial charge in [-0.1, -0.05) is 32.4 Å². The second-order valence-corrected chi connectivity index (χ2v) is 5.79. The highest BCUT2D eigenvalue weighted by atomic mass is 16.1. The number of amides is 1. The summed E-state index contributed by atoms with van der Waals surface area (Å²) in [4.78, 5) is 11.9. The standard InChI is InChI=1S/C16H24N2O/c1-12(2)17-11-14-7-4-8-15(9-14)18-16(19)10-13-5-3-6-13/h4,7-9,12-13,17H,3,5-6,10-11H2,1-2H3,(H,18,19). The zero-order chi connectivity index (χ0) is 13.7. The molecule has 104 valence electrons. The fourth-order valence-corrected chi connectivity index (χ4v) is 2.25. The molecule has 1 aromatic rings. The third kappa shape index (κ3) is 4.67. The highest BCUT2D eigenvalue weighted by Gasteiger charge is 2.20. The fraction of sp³-hybridized carbons (Fsp3) is 0.562. The Labute approximate surface area is 115 Å². The molecule has 1 amide bonds. The molecular weight excluding hydrogens is 236 g/mol. The van der Waals surface area contributed by atoms with Crippen LogP contribution in [0.5, 0.6) is 0 Å². The largest absolute Gasteiger partial charge is 0.326 e. The molecule has 1 aliphatic carbocycles. The third-order valence-electron chi connectivity index (χ3n) is 3.62. The molecular formula is C16H24N2O. The van der Waals surface area contributed by atoms with E-state index in [4.69, 9.17) is 0 Å². The second-order valence-electron chi connectivity index (χ2n) is 5.79. The van der Waals surface area contributed by atoms with Crippen LogP contribution in [0.25, 0.3) is 0 Å². The van der Waals surface area contributed by atoms with Gasteiger partial charge < -0.3 is 10.6 Å². The van der Waals surface area contributed by atoms with E-state index in [0.29, 0.717) is 18.4 Å². The van der Waals surface area contributed by atoms with Gasteiger partial charge in [0.15, 0.2) is 0 Å². The first-order valence-electron chi connectivity index (χ1n) is 7.25. The average molecular weight is 260 g/mol. The molecule has 0 atom stereocenters. The van der Waals surface area contributed by atoms with Gasteiger partial charge in [0.2, 0.25) is 5.91 Å². The van der Waals surface area contributed by atoms with Crippen molar-refractivity contribution < 1.29 is 4.79 Å². The quantitative estimate of drug-likeness (QED) is 0.824. The molecule has 0 bridgehead atoms. The van der Waals surface area contributed by atoms with Gasteiger partial charge in [-0.2, -0.15) is 0 Å². The Kier molecular flexibility index (Phi) is 4.97. The van der Waals surface area contributed by atoms with Crippen LogP contribution in [0.3, 0.4) is 0 Å². The van der Waals surface area contributed by atoms with Crippen LogP contribution in [0.2, 0.25) is 0 Å². The summed E-state index contributed by atoms with van der Waals surface area (Å²) in [5, 5.41) is 6.38. The Hall–Kier alpha value is -1.35. The lowest BCUT2D eigenvalue weighted by Gasteiger charge is -2.24. The van der Waals surface area contributed by atoms with E-state index in [2.05, 4.69) is 30.5 Å². The van der Waals surface area contributed by atoms with Crippen molar-refractivity contribution in [1.82, 2.24) is 5.32 Å². The number of carbonyl (C=O) groups excluding carboxylic acids is 1. The van der Waals surface area contributed by atoms with E-state index < -0.39 is 0 Å². The molecule has 0 aromatic heterocycles. The van der Waals surface area contributed by atoms with Crippen molar-refractivity contribution in [2.75, 3.05) is 5.32 Å². The van der Waals surface area contributed by atoms with Gasteiger partial charge >= 0.3 is 0 Å². The van der Waals surface area contributed by atoms with E-state index in [0.717, 1.165) is 12.2 Å². The molecule has 0 spiro atoms. The molecule has 1 fully saturated rings. The summed E-state index contributed by atoms with van der Waals surface area (Å²) in [6, 6.07) is 8.55. The van der Waals surface area contributed by atoms with Crippen LogP contribution in [0.1, 0.15) is 45.1 Å². The molecule has 0 radical (unpaired) electrons. The van der Waals surface area contributed by atoms with Crippen molar-refractivity contribution in [1.29, 1.82) is 0 Å². The van der Waals surface area contributed by atoms with Crippen molar-refractivity contribution in [3.63, 3.8) is 0 Å². The van der Waals surface area contributed by atoms with Crippen molar-refractivity contribution in [3.8, 4) is 0 Å². The first kappa shape index (κ1) is 14.1. The molecule has 3 heteroatoms. The molecule has 0 heterocycles. The Morgan fingerprint density at radius 1 is 1.37 bits per heavy atom. The third-order valence-corrected chi connectivity index (χ3v) is 3.62. The van der Waals surface area contributed by atoms with E-state index in [1.165, 1.54) is 24.8 Å². The van der Waals surface area contributed by atoms with Crippen LogP contribution in [0, 0.1) is 5.92 Å². The molecule has 0 aliphatic heterocycles. The number of hydrogen-bond donors (Lipinski definition) is 2. The normalized spacial score (nSPS) is 15.3. The molecule has 19 heavy (non-hydrogen) atoms. The van der Waals surface area contributed by atoms with Gasteiger partial charge in [-0.05, 0) is 36.5 Å². The van der Waals surface area contributed by atoms with Gasteiger partial charge in [0.05, 0.1) is 0 Å². The first-order chi connectivity index (χ1) is 9.13. The highest BCUT2D eigenvalue weighted by Crippen LogP contribution is 2.29. The maximum absolute atomic E-state index is 11.9. The van der Waals surface area contributed by atoms with E-state index >= 15 is 0 Å². The fourth-order valence-electron chi connectivity index (χ4n) is 2.25. The van der Waals surface area contributed by atoms with Gasteiger partial charge in [0.1, 0.15) is 0 Å². The highest BCUT2D eigenvalue weighted by molar-refractivity contribution is 5.90. The lowest BCUT2D eigenvalue weighted by Crippen LogP contribution is -2.22. The van der Waals surface area contributed by atoms with Gasteiger partial charge in [0.25, 0.3) is 0 Å². The van der Waals surface area contributed by atoms with Crippen LogP contribution >= 0.6 is 0 Å². The molecule has 1 aromatic carbocycles. The molecule has 2 N–H and O–H groups in total. The van der Waals surface area contributed by atoms with Crippen molar-refractivity contribution in [2.45, 2.75) is 52.1 Å². The minimum absolute atomic E-state index is 0.152. The number of nitrogens with one attached hydrogen (secondary N) is 2.